The van der Waals surface area contributed by atoms with E-state index >= 15 is 0 Å². The SMILES string of the molecule is CCN(C)C(=O)CS(=O)c1cc(F)ccc1N. The standard InChI is InChI=1S/C11H15FN2O2S/c1-3-14(2)11(15)7-17(16)10-6-8(12)4-5-9(10)13/h4-6H,3,7,13H2,1-2H3. The summed E-state index contributed by atoms with van der Waals surface area (Å²) in [6.45, 7) is 2.35. The van der Waals surface area contributed by atoms with Crippen molar-refractivity contribution in [2.45, 2.75) is 11.8 Å². The third kappa shape index (κ3) is 3.52. The molecule has 0 fully saturated rings. The van der Waals surface area contributed by atoms with Crippen LogP contribution in [0.1, 0.15) is 6.92 Å². The van der Waals surface area contributed by atoms with Crippen LogP contribution in [0.15, 0.2) is 23.1 Å². The number of anilines is 1. The predicted molar refractivity (Wildman–Crippen MR) is 65.4 cm³/mol. The molecule has 0 radical (unpaired) electrons. The van der Waals surface area contributed by atoms with Gasteiger partial charge in [0.1, 0.15) is 11.6 Å². The van der Waals surface area contributed by atoms with Crippen LogP contribution in [0, 0.1) is 5.82 Å². The highest BCUT2D eigenvalue weighted by atomic mass is 32.2. The molecule has 6 heteroatoms. The van der Waals surface area contributed by atoms with Gasteiger partial charge in [0.25, 0.3) is 0 Å². The molecule has 0 aliphatic rings. The van der Waals surface area contributed by atoms with Crippen LogP contribution in [0.5, 0.6) is 0 Å². The summed E-state index contributed by atoms with van der Waals surface area (Å²) < 4.78 is 24.8. The molecular weight excluding hydrogens is 243 g/mol. The largest absolute Gasteiger partial charge is 0.398 e. The van der Waals surface area contributed by atoms with E-state index in [2.05, 4.69) is 0 Å². The van der Waals surface area contributed by atoms with Gasteiger partial charge < -0.3 is 10.6 Å². The van der Waals surface area contributed by atoms with Crippen LogP contribution in [0.2, 0.25) is 0 Å². The monoisotopic (exact) mass is 258 g/mol. The summed E-state index contributed by atoms with van der Waals surface area (Å²) >= 11 is 0. The minimum Gasteiger partial charge on any atom is -0.398 e. The number of benzene rings is 1. The Balaban J connectivity index is 2.83. The fourth-order valence-electron chi connectivity index (χ4n) is 1.18. The molecule has 1 rings (SSSR count). The minimum absolute atomic E-state index is 0.169. The third-order valence-electron chi connectivity index (χ3n) is 2.38. The van der Waals surface area contributed by atoms with E-state index in [9.17, 15) is 13.4 Å². The van der Waals surface area contributed by atoms with Crippen LogP contribution in [-0.4, -0.2) is 34.4 Å². The molecule has 0 bridgehead atoms. The zero-order chi connectivity index (χ0) is 13.0. The van der Waals surface area contributed by atoms with Gasteiger partial charge in [-0.15, -0.1) is 0 Å². The van der Waals surface area contributed by atoms with Gasteiger partial charge in [-0.3, -0.25) is 9.00 Å². The van der Waals surface area contributed by atoms with Gasteiger partial charge in [0.05, 0.1) is 15.7 Å². The third-order valence-corrected chi connectivity index (χ3v) is 3.73. The molecule has 1 aromatic rings. The Morgan fingerprint density at radius 2 is 2.18 bits per heavy atom. The van der Waals surface area contributed by atoms with Crippen molar-refractivity contribution < 1.29 is 13.4 Å². The molecule has 17 heavy (non-hydrogen) atoms. The Morgan fingerprint density at radius 1 is 1.53 bits per heavy atom. The van der Waals surface area contributed by atoms with E-state index in [0.717, 1.165) is 6.07 Å². The average molecular weight is 258 g/mol. The van der Waals surface area contributed by atoms with E-state index in [1.807, 2.05) is 6.92 Å². The van der Waals surface area contributed by atoms with Crippen molar-refractivity contribution in [3.8, 4) is 0 Å². The zero-order valence-corrected chi connectivity index (χ0v) is 10.6. The maximum atomic E-state index is 13.0. The van der Waals surface area contributed by atoms with Crippen molar-refractivity contribution in [2.24, 2.45) is 0 Å². The van der Waals surface area contributed by atoms with Crippen LogP contribution in [-0.2, 0) is 15.6 Å². The Kier molecular flexibility index (Phi) is 4.62. The first-order chi connectivity index (χ1) is 7.95. The first-order valence-electron chi connectivity index (χ1n) is 5.13. The van der Waals surface area contributed by atoms with Gasteiger partial charge in [-0.2, -0.15) is 0 Å². The number of carbonyl (C=O) groups is 1. The molecule has 1 amide bonds. The summed E-state index contributed by atoms with van der Waals surface area (Å²) in [7, 11) is 0.00578. The molecule has 0 spiro atoms. The van der Waals surface area contributed by atoms with Gasteiger partial charge in [-0.25, -0.2) is 4.39 Å². The first-order valence-corrected chi connectivity index (χ1v) is 6.45. The molecule has 0 saturated heterocycles. The molecule has 0 aromatic heterocycles. The summed E-state index contributed by atoms with van der Waals surface area (Å²) in [6, 6.07) is 3.64. The number of amides is 1. The van der Waals surface area contributed by atoms with Gasteiger partial charge in [-0.05, 0) is 25.1 Å². The lowest BCUT2D eigenvalue weighted by molar-refractivity contribution is -0.126. The predicted octanol–water partition coefficient (Wildman–Crippen LogP) is 0.994. The molecule has 0 aliphatic carbocycles. The maximum Gasteiger partial charge on any atom is 0.235 e. The van der Waals surface area contributed by atoms with Crippen LogP contribution >= 0.6 is 0 Å². The van der Waals surface area contributed by atoms with E-state index in [4.69, 9.17) is 5.73 Å². The molecule has 0 saturated carbocycles. The summed E-state index contributed by atoms with van der Waals surface area (Å²) in [4.78, 5) is 13.2. The molecule has 1 aromatic carbocycles. The Hall–Kier alpha value is -1.43. The van der Waals surface area contributed by atoms with E-state index < -0.39 is 16.6 Å². The number of hydrogen-bond acceptors (Lipinski definition) is 3. The molecule has 1 atom stereocenters. The van der Waals surface area contributed by atoms with Crippen molar-refractivity contribution in [2.75, 3.05) is 25.1 Å². The topological polar surface area (TPSA) is 63.4 Å². The van der Waals surface area contributed by atoms with Crippen LogP contribution in [0.3, 0.4) is 0 Å². The molecule has 94 valence electrons. The number of rotatable bonds is 4. The maximum absolute atomic E-state index is 13.0. The molecular formula is C11H15FN2O2S. The Bertz CT molecular complexity index is 451. The van der Waals surface area contributed by atoms with Gasteiger partial charge >= 0.3 is 0 Å². The molecule has 0 heterocycles. The van der Waals surface area contributed by atoms with Crippen molar-refractivity contribution >= 4 is 22.4 Å². The lowest BCUT2D eigenvalue weighted by Crippen LogP contribution is -2.30. The van der Waals surface area contributed by atoms with Crippen molar-refractivity contribution in [3.05, 3.63) is 24.0 Å². The van der Waals surface area contributed by atoms with Crippen molar-refractivity contribution in [3.63, 3.8) is 0 Å². The fraction of sp³-hybridized carbons (Fsp3) is 0.364. The summed E-state index contributed by atoms with van der Waals surface area (Å²) in [5.41, 5.74) is 5.82. The number of nitrogens with two attached hydrogens (primary N) is 1. The van der Waals surface area contributed by atoms with E-state index in [1.54, 1.807) is 7.05 Å². The minimum atomic E-state index is -1.61. The quantitative estimate of drug-likeness (QED) is 0.819. The smallest absolute Gasteiger partial charge is 0.235 e. The second kappa shape index (κ2) is 5.77. The Labute approximate surface area is 102 Å². The first kappa shape index (κ1) is 13.6. The van der Waals surface area contributed by atoms with Crippen molar-refractivity contribution in [1.82, 2.24) is 4.90 Å². The molecule has 4 nitrogen and oxygen atoms in total. The number of nitrogen functional groups attached to an aromatic ring is 1. The molecule has 2 N–H and O–H groups in total. The number of carbonyl (C=O) groups excluding carboxylic acids is 1. The van der Waals surface area contributed by atoms with E-state index in [1.165, 1.54) is 17.0 Å². The van der Waals surface area contributed by atoms with Crippen LogP contribution < -0.4 is 5.73 Å². The second-order valence-corrected chi connectivity index (χ2v) is 5.00. The van der Waals surface area contributed by atoms with E-state index in [0.29, 0.717) is 6.54 Å². The second-order valence-electron chi connectivity index (χ2n) is 3.58. The normalized spacial score (nSPS) is 12.2. The summed E-state index contributed by atoms with van der Waals surface area (Å²) in [5, 5.41) is 0. The lowest BCUT2D eigenvalue weighted by Gasteiger charge is -2.14. The van der Waals surface area contributed by atoms with E-state index in [-0.39, 0.29) is 22.2 Å². The summed E-state index contributed by atoms with van der Waals surface area (Å²) in [5.74, 6) is -0.953. The van der Waals surface area contributed by atoms with Gasteiger partial charge in [0.2, 0.25) is 5.91 Å². The van der Waals surface area contributed by atoms with Gasteiger partial charge in [-0.1, -0.05) is 0 Å². The average Bonchev–Trinajstić information content (AvgIpc) is 2.30. The summed E-state index contributed by atoms with van der Waals surface area (Å²) in [6.07, 6.45) is 0. The van der Waals surface area contributed by atoms with Crippen LogP contribution in [0.25, 0.3) is 0 Å². The van der Waals surface area contributed by atoms with Crippen molar-refractivity contribution in [1.29, 1.82) is 0 Å². The van der Waals surface area contributed by atoms with Crippen LogP contribution in [0.4, 0.5) is 10.1 Å². The van der Waals surface area contributed by atoms with Gasteiger partial charge in [0.15, 0.2) is 0 Å². The number of hydrogen-bond donors (Lipinski definition) is 1. The Morgan fingerprint density at radius 3 is 2.76 bits per heavy atom. The fourth-order valence-corrected chi connectivity index (χ4v) is 2.36. The highest BCUT2D eigenvalue weighted by Gasteiger charge is 2.15. The zero-order valence-electron chi connectivity index (χ0n) is 9.77. The molecule has 0 aliphatic heterocycles. The van der Waals surface area contributed by atoms with Gasteiger partial charge in [0, 0.05) is 19.3 Å². The lowest BCUT2D eigenvalue weighted by atomic mass is 10.3. The highest BCUT2D eigenvalue weighted by Crippen LogP contribution is 2.17. The highest BCUT2D eigenvalue weighted by molar-refractivity contribution is 7.86. The molecule has 1 unspecified atom stereocenters. The number of nitrogens with zero attached hydrogens (tertiary/aromatic N) is 1. The number of halogens is 1.